The summed E-state index contributed by atoms with van der Waals surface area (Å²) in [5.41, 5.74) is 0.977. The van der Waals surface area contributed by atoms with Crippen molar-refractivity contribution >= 4 is 16.7 Å². The van der Waals surface area contributed by atoms with Crippen molar-refractivity contribution in [1.82, 2.24) is 5.32 Å². The molecule has 3 nitrogen and oxygen atoms in total. The van der Waals surface area contributed by atoms with E-state index in [2.05, 4.69) is 23.2 Å². The third-order valence-corrected chi connectivity index (χ3v) is 2.90. The van der Waals surface area contributed by atoms with E-state index < -0.39 is 0 Å². The Labute approximate surface area is 118 Å². The van der Waals surface area contributed by atoms with Gasteiger partial charge in [-0.25, -0.2) is 0 Å². The molecular weight excluding hydrogens is 250 g/mol. The van der Waals surface area contributed by atoms with E-state index in [1.165, 1.54) is 6.92 Å². The zero-order valence-corrected chi connectivity index (χ0v) is 11.7. The van der Waals surface area contributed by atoms with Crippen molar-refractivity contribution in [2.75, 3.05) is 13.7 Å². The standard InChI is InChI=1S/C17H17NO2/c1-13(19)18-10-4-3-5-14-6-7-16-12-17(20-2)9-8-15(16)11-14/h6-9,11-12H,4,10H2,1-2H3,(H,18,19). The minimum Gasteiger partial charge on any atom is -0.497 e. The largest absolute Gasteiger partial charge is 0.497 e. The predicted molar refractivity (Wildman–Crippen MR) is 80.7 cm³/mol. The Morgan fingerprint density at radius 3 is 2.70 bits per heavy atom. The molecule has 3 heteroatoms. The van der Waals surface area contributed by atoms with Gasteiger partial charge in [0, 0.05) is 25.5 Å². The fourth-order valence-electron chi connectivity index (χ4n) is 1.89. The van der Waals surface area contributed by atoms with E-state index in [-0.39, 0.29) is 5.91 Å². The number of hydrogen-bond acceptors (Lipinski definition) is 2. The number of carbonyl (C=O) groups excluding carboxylic acids is 1. The van der Waals surface area contributed by atoms with Crippen molar-refractivity contribution < 1.29 is 9.53 Å². The summed E-state index contributed by atoms with van der Waals surface area (Å²) in [7, 11) is 1.66. The molecule has 0 fully saturated rings. The van der Waals surface area contributed by atoms with Crippen LogP contribution in [0, 0.1) is 11.8 Å². The molecule has 0 radical (unpaired) electrons. The lowest BCUT2D eigenvalue weighted by Gasteiger charge is -2.02. The Hall–Kier alpha value is -2.47. The number of hydrogen-bond donors (Lipinski definition) is 1. The van der Waals surface area contributed by atoms with E-state index in [0.29, 0.717) is 13.0 Å². The molecule has 0 aliphatic heterocycles. The molecule has 2 rings (SSSR count). The van der Waals surface area contributed by atoms with Gasteiger partial charge in [-0.2, -0.15) is 0 Å². The van der Waals surface area contributed by atoms with Gasteiger partial charge >= 0.3 is 0 Å². The zero-order valence-electron chi connectivity index (χ0n) is 11.7. The van der Waals surface area contributed by atoms with Crippen LogP contribution in [0.1, 0.15) is 18.9 Å². The van der Waals surface area contributed by atoms with Gasteiger partial charge in [-0.1, -0.05) is 24.0 Å². The average molecular weight is 267 g/mol. The van der Waals surface area contributed by atoms with Crippen LogP contribution in [0.15, 0.2) is 36.4 Å². The minimum absolute atomic E-state index is 0.0218. The third kappa shape index (κ3) is 3.76. The summed E-state index contributed by atoms with van der Waals surface area (Å²) < 4.78 is 5.20. The van der Waals surface area contributed by atoms with E-state index in [0.717, 1.165) is 22.1 Å². The second-order valence-corrected chi connectivity index (χ2v) is 4.46. The summed E-state index contributed by atoms with van der Waals surface area (Å²) in [4.78, 5) is 10.7. The second kappa shape index (κ2) is 6.63. The Kier molecular flexibility index (Phi) is 4.62. The molecule has 0 aliphatic rings. The first-order chi connectivity index (χ1) is 9.69. The molecule has 1 amide bonds. The first-order valence-corrected chi connectivity index (χ1v) is 6.50. The predicted octanol–water partition coefficient (Wildman–Crippen LogP) is 2.73. The summed E-state index contributed by atoms with van der Waals surface area (Å²) >= 11 is 0. The molecule has 20 heavy (non-hydrogen) atoms. The molecule has 2 aromatic carbocycles. The third-order valence-electron chi connectivity index (χ3n) is 2.90. The molecule has 0 aromatic heterocycles. The number of benzene rings is 2. The molecule has 1 N–H and O–H groups in total. The first kappa shape index (κ1) is 14.0. The lowest BCUT2D eigenvalue weighted by molar-refractivity contribution is -0.118. The first-order valence-electron chi connectivity index (χ1n) is 6.50. The van der Waals surface area contributed by atoms with Gasteiger partial charge in [0.15, 0.2) is 0 Å². The van der Waals surface area contributed by atoms with Gasteiger partial charge in [-0.3, -0.25) is 4.79 Å². The highest BCUT2D eigenvalue weighted by atomic mass is 16.5. The van der Waals surface area contributed by atoms with Crippen LogP contribution in [0.5, 0.6) is 5.75 Å². The summed E-state index contributed by atoms with van der Waals surface area (Å²) in [5.74, 6) is 6.99. The van der Waals surface area contributed by atoms with Crippen LogP contribution < -0.4 is 10.1 Å². The van der Waals surface area contributed by atoms with E-state index in [1.807, 2.05) is 30.3 Å². The molecule has 0 unspecified atom stereocenters. The molecule has 0 atom stereocenters. The Bertz CT molecular complexity index is 680. The highest BCUT2D eigenvalue weighted by molar-refractivity contribution is 5.85. The van der Waals surface area contributed by atoms with Gasteiger partial charge in [0.25, 0.3) is 0 Å². The van der Waals surface area contributed by atoms with Crippen molar-refractivity contribution in [1.29, 1.82) is 0 Å². The number of amides is 1. The van der Waals surface area contributed by atoms with Crippen molar-refractivity contribution in [3.63, 3.8) is 0 Å². The van der Waals surface area contributed by atoms with Crippen LogP contribution >= 0.6 is 0 Å². The summed E-state index contributed by atoms with van der Waals surface area (Å²) in [6.45, 7) is 2.10. The topological polar surface area (TPSA) is 38.3 Å². The van der Waals surface area contributed by atoms with Crippen LogP contribution in [0.4, 0.5) is 0 Å². The van der Waals surface area contributed by atoms with Crippen LogP contribution in [0.3, 0.4) is 0 Å². The van der Waals surface area contributed by atoms with Gasteiger partial charge in [0.2, 0.25) is 5.91 Å². The fraction of sp³-hybridized carbons (Fsp3) is 0.235. The molecule has 102 valence electrons. The maximum Gasteiger partial charge on any atom is 0.216 e. The second-order valence-electron chi connectivity index (χ2n) is 4.46. The Balaban J connectivity index is 2.08. The Morgan fingerprint density at radius 1 is 1.20 bits per heavy atom. The number of methoxy groups -OCH3 is 1. The normalized spacial score (nSPS) is 9.70. The molecule has 2 aromatic rings. The van der Waals surface area contributed by atoms with Gasteiger partial charge in [0.05, 0.1) is 7.11 Å². The molecular formula is C17H17NO2. The number of ether oxygens (including phenoxy) is 1. The van der Waals surface area contributed by atoms with Gasteiger partial charge in [0.1, 0.15) is 5.75 Å². The lowest BCUT2D eigenvalue weighted by Crippen LogP contribution is -2.20. The van der Waals surface area contributed by atoms with Crippen molar-refractivity contribution in [3.8, 4) is 17.6 Å². The number of fused-ring (bicyclic) bond motifs is 1. The monoisotopic (exact) mass is 267 g/mol. The summed E-state index contributed by atoms with van der Waals surface area (Å²) in [5, 5.41) is 4.99. The molecule has 0 saturated heterocycles. The molecule has 0 spiro atoms. The quantitative estimate of drug-likeness (QED) is 0.686. The molecule has 0 heterocycles. The van der Waals surface area contributed by atoms with Gasteiger partial charge in [-0.05, 0) is 35.0 Å². The highest BCUT2D eigenvalue weighted by Gasteiger charge is 1.97. The van der Waals surface area contributed by atoms with Crippen LogP contribution in [0.25, 0.3) is 10.8 Å². The fourth-order valence-corrected chi connectivity index (χ4v) is 1.89. The van der Waals surface area contributed by atoms with Crippen molar-refractivity contribution in [2.24, 2.45) is 0 Å². The van der Waals surface area contributed by atoms with Crippen LogP contribution in [-0.4, -0.2) is 19.6 Å². The smallest absolute Gasteiger partial charge is 0.216 e. The van der Waals surface area contributed by atoms with Gasteiger partial charge < -0.3 is 10.1 Å². The highest BCUT2D eigenvalue weighted by Crippen LogP contribution is 2.21. The van der Waals surface area contributed by atoms with E-state index in [1.54, 1.807) is 7.11 Å². The molecule has 0 saturated carbocycles. The average Bonchev–Trinajstić information content (AvgIpc) is 2.46. The van der Waals surface area contributed by atoms with Crippen LogP contribution in [0.2, 0.25) is 0 Å². The van der Waals surface area contributed by atoms with Crippen molar-refractivity contribution in [2.45, 2.75) is 13.3 Å². The SMILES string of the molecule is COc1ccc2cc(C#CCCNC(C)=O)ccc2c1. The van der Waals surface area contributed by atoms with E-state index in [9.17, 15) is 4.79 Å². The van der Waals surface area contributed by atoms with Crippen molar-refractivity contribution in [3.05, 3.63) is 42.0 Å². The van der Waals surface area contributed by atoms with E-state index >= 15 is 0 Å². The number of rotatable bonds is 3. The molecule has 0 aliphatic carbocycles. The van der Waals surface area contributed by atoms with E-state index in [4.69, 9.17) is 4.74 Å². The maximum absolute atomic E-state index is 10.7. The zero-order chi connectivity index (χ0) is 14.4. The number of nitrogens with one attached hydrogen (secondary N) is 1. The number of carbonyl (C=O) groups is 1. The lowest BCUT2D eigenvalue weighted by atomic mass is 10.1. The van der Waals surface area contributed by atoms with Crippen LogP contribution in [-0.2, 0) is 4.79 Å². The van der Waals surface area contributed by atoms with Gasteiger partial charge in [-0.15, -0.1) is 0 Å². The summed E-state index contributed by atoms with van der Waals surface area (Å²) in [6, 6.07) is 12.1. The summed E-state index contributed by atoms with van der Waals surface area (Å²) in [6.07, 6.45) is 0.653. The minimum atomic E-state index is -0.0218. The maximum atomic E-state index is 10.7. The Morgan fingerprint density at radius 2 is 1.95 bits per heavy atom. The molecule has 0 bridgehead atoms.